The molecule has 1 aromatic rings. The van der Waals surface area contributed by atoms with Crippen LogP contribution in [0.4, 0.5) is 0 Å². The number of rotatable bonds is 3. The Balaban J connectivity index is 2.73. The van der Waals surface area contributed by atoms with Gasteiger partial charge in [0.2, 0.25) is 0 Å². The van der Waals surface area contributed by atoms with Crippen LogP contribution in [0.15, 0.2) is 30.3 Å². The van der Waals surface area contributed by atoms with Crippen molar-refractivity contribution in [2.24, 2.45) is 0 Å². The van der Waals surface area contributed by atoms with Crippen LogP contribution in [-0.2, 0) is 0 Å². The summed E-state index contributed by atoms with van der Waals surface area (Å²) in [6.07, 6.45) is 0. The zero-order chi connectivity index (χ0) is 9.84. The molecule has 0 amide bonds. The fourth-order valence-electron chi connectivity index (χ4n) is 1.18. The Morgan fingerprint density at radius 2 is 1.69 bits per heavy atom. The summed E-state index contributed by atoms with van der Waals surface area (Å²) in [5.74, 6) is 0. The first-order valence-electron chi connectivity index (χ1n) is 4.48. The molecule has 0 heterocycles. The van der Waals surface area contributed by atoms with Crippen LogP contribution in [0.1, 0.15) is 17.9 Å². The SMILES string of the molecule is CC([C@@H](Cl)c1ccccc1)N(C)C. The van der Waals surface area contributed by atoms with Crippen molar-refractivity contribution in [1.82, 2.24) is 4.90 Å². The van der Waals surface area contributed by atoms with E-state index in [1.165, 1.54) is 5.56 Å². The second-order valence-corrected chi connectivity index (χ2v) is 3.99. The second kappa shape index (κ2) is 4.64. The van der Waals surface area contributed by atoms with Gasteiger partial charge in [-0.2, -0.15) is 0 Å². The van der Waals surface area contributed by atoms with Crippen molar-refractivity contribution in [2.75, 3.05) is 14.1 Å². The van der Waals surface area contributed by atoms with Gasteiger partial charge < -0.3 is 4.90 Å². The lowest BCUT2D eigenvalue weighted by atomic mass is 10.1. The summed E-state index contributed by atoms with van der Waals surface area (Å²) < 4.78 is 0. The molecule has 72 valence electrons. The minimum Gasteiger partial charge on any atom is -0.305 e. The van der Waals surface area contributed by atoms with E-state index < -0.39 is 0 Å². The van der Waals surface area contributed by atoms with Crippen molar-refractivity contribution in [3.05, 3.63) is 35.9 Å². The van der Waals surface area contributed by atoms with Crippen molar-refractivity contribution >= 4 is 11.6 Å². The molecular formula is C11H16ClN. The molecule has 0 bridgehead atoms. The third kappa shape index (κ3) is 2.71. The normalized spacial score (nSPS) is 15.8. The zero-order valence-corrected chi connectivity index (χ0v) is 9.12. The third-order valence-electron chi connectivity index (χ3n) is 2.36. The van der Waals surface area contributed by atoms with Crippen LogP contribution in [0.3, 0.4) is 0 Å². The van der Waals surface area contributed by atoms with E-state index in [0.29, 0.717) is 6.04 Å². The summed E-state index contributed by atoms with van der Waals surface area (Å²) in [5, 5.41) is 0.0659. The van der Waals surface area contributed by atoms with Gasteiger partial charge in [-0.15, -0.1) is 11.6 Å². The van der Waals surface area contributed by atoms with E-state index >= 15 is 0 Å². The Bertz CT molecular complexity index is 246. The molecule has 0 N–H and O–H groups in total. The maximum atomic E-state index is 6.31. The van der Waals surface area contributed by atoms with E-state index in [-0.39, 0.29) is 5.38 Å². The highest BCUT2D eigenvalue weighted by atomic mass is 35.5. The number of hydrogen-bond donors (Lipinski definition) is 0. The summed E-state index contributed by atoms with van der Waals surface area (Å²) >= 11 is 6.31. The van der Waals surface area contributed by atoms with Crippen LogP contribution in [0.5, 0.6) is 0 Å². The molecule has 0 fully saturated rings. The van der Waals surface area contributed by atoms with Crippen molar-refractivity contribution < 1.29 is 0 Å². The van der Waals surface area contributed by atoms with Gasteiger partial charge in [-0.1, -0.05) is 30.3 Å². The molecule has 0 radical (unpaired) electrons. The van der Waals surface area contributed by atoms with E-state index in [2.05, 4.69) is 24.0 Å². The Hall–Kier alpha value is -0.530. The first kappa shape index (κ1) is 10.6. The molecule has 1 rings (SSSR count). The van der Waals surface area contributed by atoms with Crippen LogP contribution in [0.2, 0.25) is 0 Å². The number of benzene rings is 1. The third-order valence-corrected chi connectivity index (χ3v) is 2.97. The average molecular weight is 198 g/mol. The molecule has 1 aromatic carbocycles. The number of halogens is 1. The first-order valence-corrected chi connectivity index (χ1v) is 4.92. The molecule has 1 nitrogen and oxygen atoms in total. The molecule has 0 saturated heterocycles. The average Bonchev–Trinajstić information content (AvgIpc) is 2.17. The predicted molar refractivity (Wildman–Crippen MR) is 58.2 cm³/mol. The molecule has 13 heavy (non-hydrogen) atoms. The molecule has 1 unspecified atom stereocenters. The highest BCUT2D eigenvalue weighted by molar-refractivity contribution is 6.21. The van der Waals surface area contributed by atoms with Gasteiger partial charge in [0, 0.05) is 6.04 Å². The first-order chi connectivity index (χ1) is 6.13. The molecular weight excluding hydrogens is 182 g/mol. The number of hydrogen-bond acceptors (Lipinski definition) is 1. The summed E-state index contributed by atoms with van der Waals surface area (Å²) in [5.41, 5.74) is 1.19. The standard InChI is InChI=1S/C11H16ClN/c1-9(13(2)3)11(12)10-7-5-4-6-8-10/h4-9,11H,1-3H3/t9?,11-/m1/s1. The summed E-state index contributed by atoms with van der Waals surface area (Å²) in [7, 11) is 4.09. The van der Waals surface area contributed by atoms with E-state index in [1.807, 2.05) is 32.3 Å². The lowest BCUT2D eigenvalue weighted by molar-refractivity contribution is 0.306. The summed E-state index contributed by atoms with van der Waals surface area (Å²) in [6.45, 7) is 2.13. The van der Waals surface area contributed by atoms with Crippen LogP contribution in [0.25, 0.3) is 0 Å². The van der Waals surface area contributed by atoms with E-state index in [0.717, 1.165) is 0 Å². The Morgan fingerprint density at radius 3 is 2.15 bits per heavy atom. The maximum absolute atomic E-state index is 6.31. The molecule has 0 aliphatic rings. The van der Waals surface area contributed by atoms with Gasteiger partial charge in [0.25, 0.3) is 0 Å². The quantitative estimate of drug-likeness (QED) is 0.674. The van der Waals surface area contributed by atoms with E-state index in [9.17, 15) is 0 Å². The molecule has 2 heteroatoms. The lowest BCUT2D eigenvalue weighted by Crippen LogP contribution is -2.28. The van der Waals surface area contributed by atoms with E-state index in [1.54, 1.807) is 0 Å². The van der Waals surface area contributed by atoms with Crippen molar-refractivity contribution in [1.29, 1.82) is 0 Å². The number of nitrogens with zero attached hydrogens (tertiary/aromatic N) is 1. The van der Waals surface area contributed by atoms with Crippen LogP contribution < -0.4 is 0 Å². The van der Waals surface area contributed by atoms with Crippen LogP contribution in [0, 0.1) is 0 Å². The molecule has 0 aromatic heterocycles. The summed E-state index contributed by atoms with van der Waals surface area (Å²) in [4.78, 5) is 2.13. The van der Waals surface area contributed by atoms with Crippen molar-refractivity contribution in [2.45, 2.75) is 18.3 Å². The highest BCUT2D eigenvalue weighted by Gasteiger charge is 2.17. The Morgan fingerprint density at radius 1 is 1.15 bits per heavy atom. The predicted octanol–water partition coefficient (Wildman–Crippen LogP) is 2.92. The smallest absolute Gasteiger partial charge is 0.0737 e. The number of alkyl halides is 1. The number of likely N-dealkylation sites (N-methyl/N-ethyl adjacent to an activating group) is 1. The van der Waals surface area contributed by atoms with Crippen molar-refractivity contribution in [3.8, 4) is 0 Å². The topological polar surface area (TPSA) is 3.24 Å². The lowest BCUT2D eigenvalue weighted by Gasteiger charge is -2.24. The zero-order valence-electron chi connectivity index (χ0n) is 8.37. The minimum atomic E-state index is 0.0659. The van der Waals surface area contributed by atoms with E-state index in [4.69, 9.17) is 11.6 Å². The van der Waals surface area contributed by atoms with Gasteiger partial charge in [-0.25, -0.2) is 0 Å². The van der Waals surface area contributed by atoms with Gasteiger partial charge in [0.15, 0.2) is 0 Å². The van der Waals surface area contributed by atoms with Crippen LogP contribution >= 0.6 is 11.6 Å². The molecule has 0 aliphatic carbocycles. The fourth-order valence-corrected chi connectivity index (χ4v) is 1.55. The Labute approximate surface area is 85.3 Å². The Kier molecular flexibility index (Phi) is 3.76. The van der Waals surface area contributed by atoms with Gasteiger partial charge >= 0.3 is 0 Å². The van der Waals surface area contributed by atoms with Gasteiger partial charge in [-0.3, -0.25) is 0 Å². The molecule has 0 spiro atoms. The van der Waals surface area contributed by atoms with Gasteiger partial charge in [-0.05, 0) is 26.6 Å². The van der Waals surface area contributed by atoms with Gasteiger partial charge in [0.1, 0.15) is 0 Å². The highest BCUT2D eigenvalue weighted by Crippen LogP contribution is 2.25. The molecule has 2 atom stereocenters. The molecule has 0 saturated carbocycles. The van der Waals surface area contributed by atoms with Crippen LogP contribution in [-0.4, -0.2) is 25.0 Å². The fraction of sp³-hybridized carbons (Fsp3) is 0.455. The largest absolute Gasteiger partial charge is 0.305 e. The second-order valence-electron chi connectivity index (χ2n) is 3.52. The van der Waals surface area contributed by atoms with Crippen molar-refractivity contribution in [3.63, 3.8) is 0 Å². The summed E-state index contributed by atoms with van der Waals surface area (Å²) in [6, 6.07) is 10.5. The monoisotopic (exact) mass is 197 g/mol. The maximum Gasteiger partial charge on any atom is 0.0737 e. The minimum absolute atomic E-state index is 0.0659. The van der Waals surface area contributed by atoms with Gasteiger partial charge in [0.05, 0.1) is 5.38 Å². The molecule has 0 aliphatic heterocycles.